The molecule has 4 nitrogen and oxygen atoms in total. The van der Waals surface area contributed by atoms with Crippen molar-refractivity contribution >= 4 is 5.69 Å². The molecule has 0 fully saturated rings. The molecule has 0 saturated heterocycles. The van der Waals surface area contributed by atoms with Crippen molar-refractivity contribution in [2.45, 2.75) is 6.61 Å². The van der Waals surface area contributed by atoms with Crippen molar-refractivity contribution in [1.82, 2.24) is 0 Å². The first-order valence-electron chi connectivity index (χ1n) is 6.47. The van der Waals surface area contributed by atoms with E-state index < -0.39 is 0 Å². The summed E-state index contributed by atoms with van der Waals surface area (Å²) in [6.07, 6.45) is 0. The molecule has 0 saturated carbocycles. The minimum atomic E-state index is 0.470. The molecule has 2 rings (SSSR count). The fraction of sp³-hybridized carbons (Fsp3) is 0.250. The quantitative estimate of drug-likeness (QED) is 0.622. The first kappa shape index (κ1) is 14.2. The highest BCUT2D eigenvalue weighted by atomic mass is 16.5. The van der Waals surface area contributed by atoms with Gasteiger partial charge in [0.05, 0.1) is 6.61 Å². The molecule has 106 valence electrons. The standard InChI is InChI=1S/C16H19NO3/c1-18-12-13-4-2-6-15(10-13)19-8-9-20-16-7-3-5-14(17)11-16/h2-7,10-11H,8-9,12,17H2,1H3. The van der Waals surface area contributed by atoms with E-state index in [2.05, 4.69) is 0 Å². The molecular weight excluding hydrogens is 254 g/mol. The van der Waals surface area contributed by atoms with Gasteiger partial charge in [0.15, 0.2) is 0 Å². The van der Waals surface area contributed by atoms with E-state index >= 15 is 0 Å². The number of nitrogen functional groups attached to an aromatic ring is 1. The van der Waals surface area contributed by atoms with Crippen molar-refractivity contribution in [3.8, 4) is 11.5 Å². The summed E-state index contributed by atoms with van der Waals surface area (Å²) in [6.45, 7) is 1.53. The molecule has 0 aliphatic rings. The van der Waals surface area contributed by atoms with E-state index in [4.69, 9.17) is 19.9 Å². The third-order valence-electron chi connectivity index (χ3n) is 2.69. The molecule has 0 heterocycles. The smallest absolute Gasteiger partial charge is 0.122 e. The zero-order valence-electron chi connectivity index (χ0n) is 11.5. The van der Waals surface area contributed by atoms with Crippen LogP contribution in [0.25, 0.3) is 0 Å². The van der Waals surface area contributed by atoms with Gasteiger partial charge in [0, 0.05) is 18.9 Å². The number of methoxy groups -OCH3 is 1. The minimum Gasteiger partial charge on any atom is -0.490 e. The Bertz CT molecular complexity index is 543. The SMILES string of the molecule is COCc1cccc(OCCOc2cccc(N)c2)c1. The molecule has 2 aromatic carbocycles. The lowest BCUT2D eigenvalue weighted by Gasteiger charge is -2.09. The molecule has 0 bridgehead atoms. The van der Waals surface area contributed by atoms with E-state index in [-0.39, 0.29) is 0 Å². The molecular formula is C16H19NO3. The van der Waals surface area contributed by atoms with Gasteiger partial charge in [0.1, 0.15) is 24.7 Å². The topological polar surface area (TPSA) is 53.7 Å². The first-order chi connectivity index (χ1) is 9.78. The van der Waals surface area contributed by atoms with E-state index in [1.54, 1.807) is 13.2 Å². The number of hydrogen-bond donors (Lipinski definition) is 1. The average Bonchev–Trinajstić information content (AvgIpc) is 2.45. The summed E-state index contributed by atoms with van der Waals surface area (Å²) in [4.78, 5) is 0. The van der Waals surface area contributed by atoms with Gasteiger partial charge in [-0.05, 0) is 29.8 Å². The summed E-state index contributed by atoms with van der Waals surface area (Å²) in [6, 6.07) is 15.2. The summed E-state index contributed by atoms with van der Waals surface area (Å²) in [5.74, 6) is 1.57. The van der Waals surface area contributed by atoms with Crippen molar-refractivity contribution in [3.05, 3.63) is 54.1 Å². The molecule has 0 spiro atoms. The molecule has 0 amide bonds. The number of ether oxygens (including phenoxy) is 3. The lowest BCUT2D eigenvalue weighted by atomic mass is 10.2. The summed E-state index contributed by atoms with van der Waals surface area (Å²) < 4.78 is 16.3. The largest absolute Gasteiger partial charge is 0.490 e. The van der Waals surface area contributed by atoms with E-state index in [0.717, 1.165) is 17.1 Å². The van der Waals surface area contributed by atoms with Crippen LogP contribution in [0.2, 0.25) is 0 Å². The highest BCUT2D eigenvalue weighted by Gasteiger charge is 1.98. The fourth-order valence-corrected chi connectivity index (χ4v) is 1.82. The van der Waals surface area contributed by atoms with Crippen molar-refractivity contribution in [2.75, 3.05) is 26.1 Å². The van der Waals surface area contributed by atoms with E-state index in [0.29, 0.717) is 25.5 Å². The van der Waals surface area contributed by atoms with E-state index in [9.17, 15) is 0 Å². The van der Waals surface area contributed by atoms with Crippen LogP contribution in [-0.4, -0.2) is 20.3 Å². The second kappa shape index (κ2) is 7.40. The van der Waals surface area contributed by atoms with E-state index in [1.165, 1.54) is 0 Å². The molecule has 0 aliphatic carbocycles. The van der Waals surface area contributed by atoms with Gasteiger partial charge < -0.3 is 19.9 Å². The van der Waals surface area contributed by atoms with Crippen LogP contribution in [0.1, 0.15) is 5.56 Å². The van der Waals surface area contributed by atoms with Crippen LogP contribution in [0.5, 0.6) is 11.5 Å². The second-order valence-electron chi connectivity index (χ2n) is 4.35. The predicted octanol–water partition coefficient (Wildman–Crippen LogP) is 2.87. The van der Waals surface area contributed by atoms with Crippen LogP contribution in [-0.2, 0) is 11.3 Å². The zero-order chi connectivity index (χ0) is 14.2. The Hall–Kier alpha value is -2.20. The molecule has 0 atom stereocenters. The normalized spacial score (nSPS) is 10.2. The molecule has 0 aromatic heterocycles. The van der Waals surface area contributed by atoms with Gasteiger partial charge >= 0.3 is 0 Å². The molecule has 20 heavy (non-hydrogen) atoms. The van der Waals surface area contributed by atoms with Crippen LogP contribution in [0.15, 0.2) is 48.5 Å². The summed E-state index contributed by atoms with van der Waals surface area (Å²) in [5, 5.41) is 0. The maximum Gasteiger partial charge on any atom is 0.122 e. The van der Waals surface area contributed by atoms with Crippen molar-refractivity contribution in [1.29, 1.82) is 0 Å². The van der Waals surface area contributed by atoms with Crippen molar-refractivity contribution in [2.24, 2.45) is 0 Å². The Kier molecular flexibility index (Phi) is 5.26. The maximum atomic E-state index is 5.68. The Balaban J connectivity index is 1.77. The molecule has 2 aromatic rings. The van der Waals surface area contributed by atoms with Gasteiger partial charge in [-0.2, -0.15) is 0 Å². The Morgan fingerprint density at radius 2 is 1.55 bits per heavy atom. The second-order valence-corrected chi connectivity index (χ2v) is 4.35. The number of nitrogens with two attached hydrogens (primary N) is 1. The first-order valence-corrected chi connectivity index (χ1v) is 6.47. The highest BCUT2D eigenvalue weighted by Crippen LogP contribution is 2.15. The predicted molar refractivity (Wildman–Crippen MR) is 79.0 cm³/mol. The van der Waals surface area contributed by atoms with Crippen LogP contribution in [0, 0.1) is 0 Å². The van der Waals surface area contributed by atoms with Crippen molar-refractivity contribution in [3.63, 3.8) is 0 Å². The van der Waals surface area contributed by atoms with Gasteiger partial charge in [-0.25, -0.2) is 0 Å². The molecule has 0 radical (unpaired) electrons. The fourth-order valence-electron chi connectivity index (χ4n) is 1.82. The van der Waals surface area contributed by atoms with Gasteiger partial charge in [-0.3, -0.25) is 0 Å². The maximum absolute atomic E-state index is 5.68. The van der Waals surface area contributed by atoms with Crippen LogP contribution in [0.3, 0.4) is 0 Å². The molecule has 2 N–H and O–H groups in total. The Labute approximate surface area is 119 Å². The summed E-state index contributed by atoms with van der Waals surface area (Å²) in [7, 11) is 1.67. The minimum absolute atomic E-state index is 0.470. The van der Waals surface area contributed by atoms with Crippen molar-refractivity contribution < 1.29 is 14.2 Å². The van der Waals surface area contributed by atoms with Gasteiger partial charge in [-0.1, -0.05) is 18.2 Å². The average molecular weight is 273 g/mol. The Morgan fingerprint density at radius 3 is 2.20 bits per heavy atom. The Morgan fingerprint density at radius 1 is 0.900 bits per heavy atom. The van der Waals surface area contributed by atoms with Crippen LogP contribution >= 0.6 is 0 Å². The van der Waals surface area contributed by atoms with Gasteiger partial charge in [0.2, 0.25) is 0 Å². The van der Waals surface area contributed by atoms with Gasteiger partial charge in [-0.15, -0.1) is 0 Å². The lowest BCUT2D eigenvalue weighted by molar-refractivity contribution is 0.184. The number of anilines is 1. The monoisotopic (exact) mass is 273 g/mol. The third-order valence-corrected chi connectivity index (χ3v) is 2.69. The summed E-state index contributed by atoms with van der Waals surface area (Å²) in [5.41, 5.74) is 7.45. The van der Waals surface area contributed by atoms with Gasteiger partial charge in [0.25, 0.3) is 0 Å². The molecule has 0 aliphatic heterocycles. The number of benzene rings is 2. The van der Waals surface area contributed by atoms with Crippen LogP contribution < -0.4 is 15.2 Å². The van der Waals surface area contributed by atoms with E-state index in [1.807, 2.05) is 42.5 Å². The number of hydrogen-bond acceptors (Lipinski definition) is 4. The van der Waals surface area contributed by atoms with Crippen LogP contribution in [0.4, 0.5) is 5.69 Å². The third kappa shape index (κ3) is 4.48. The lowest BCUT2D eigenvalue weighted by Crippen LogP contribution is -2.09. The summed E-state index contributed by atoms with van der Waals surface area (Å²) >= 11 is 0. The highest BCUT2D eigenvalue weighted by molar-refractivity contribution is 5.43. The number of rotatable bonds is 7. The molecule has 0 unspecified atom stereocenters. The molecule has 4 heteroatoms. The zero-order valence-corrected chi connectivity index (χ0v) is 11.5.